The number of hydrogen-bond acceptors (Lipinski definition) is 7. The van der Waals surface area contributed by atoms with Gasteiger partial charge in [-0.1, -0.05) is 6.07 Å². The van der Waals surface area contributed by atoms with Crippen LogP contribution in [0.4, 0.5) is 5.69 Å². The van der Waals surface area contributed by atoms with Crippen LogP contribution in [0.25, 0.3) is 38.5 Å². The fraction of sp³-hybridized carbons (Fsp3) is 0.300. The number of H-pyrrole nitrogens is 1. The molecule has 2 aliphatic rings. The average molecular weight is 534 g/mol. The molecule has 2 fully saturated rings. The zero-order valence-electron chi connectivity index (χ0n) is 21.8. The SMILES string of the molecule is [C-]#[N+]CC(=O)N1CC[C@@H](Oc2ccc(-c3ccnc4nc(-c5ccc(N6CCOCC6)cc5)[nH]c34)cc2C#N)C1. The van der Waals surface area contributed by atoms with Crippen molar-refractivity contribution in [2.45, 2.75) is 12.5 Å². The van der Waals surface area contributed by atoms with E-state index < -0.39 is 0 Å². The van der Waals surface area contributed by atoms with Crippen molar-refractivity contribution in [1.29, 1.82) is 5.26 Å². The van der Waals surface area contributed by atoms with Crippen LogP contribution in [0.3, 0.4) is 0 Å². The highest BCUT2D eigenvalue weighted by Crippen LogP contribution is 2.33. The first-order valence-electron chi connectivity index (χ1n) is 13.2. The van der Waals surface area contributed by atoms with Gasteiger partial charge in [0.15, 0.2) is 5.65 Å². The number of pyridine rings is 1. The summed E-state index contributed by atoms with van der Waals surface area (Å²) in [5.41, 5.74) is 5.64. The molecule has 10 nitrogen and oxygen atoms in total. The Labute approximate surface area is 231 Å². The van der Waals surface area contributed by atoms with Gasteiger partial charge in [-0.3, -0.25) is 4.79 Å². The van der Waals surface area contributed by atoms with E-state index in [2.05, 4.69) is 50.0 Å². The molecule has 0 aliphatic carbocycles. The molecule has 10 heteroatoms. The van der Waals surface area contributed by atoms with Crippen LogP contribution in [0.5, 0.6) is 5.75 Å². The number of nitrogens with zero attached hydrogens (tertiary/aromatic N) is 6. The highest BCUT2D eigenvalue weighted by molar-refractivity contribution is 5.92. The smallest absolute Gasteiger partial charge is 0.302 e. The molecule has 2 saturated heterocycles. The van der Waals surface area contributed by atoms with Gasteiger partial charge in [0.25, 0.3) is 6.54 Å². The fourth-order valence-electron chi connectivity index (χ4n) is 5.23. The molecule has 1 atom stereocenters. The molecule has 0 unspecified atom stereocenters. The molecule has 6 rings (SSSR count). The lowest BCUT2D eigenvalue weighted by Gasteiger charge is -2.28. The van der Waals surface area contributed by atoms with Crippen molar-refractivity contribution >= 4 is 22.8 Å². The lowest BCUT2D eigenvalue weighted by Crippen LogP contribution is -2.36. The molecule has 2 aromatic heterocycles. The van der Waals surface area contributed by atoms with Gasteiger partial charge in [0.2, 0.25) is 0 Å². The van der Waals surface area contributed by atoms with Crippen molar-refractivity contribution in [3.05, 3.63) is 71.7 Å². The number of rotatable bonds is 6. The molecular formula is C30H27N7O3. The topological polar surface area (TPSA) is 112 Å². The van der Waals surface area contributed by atoms with Gasteiger partial charge in [-0.05, 0) is 48.0 Å². The van der Waals surface area contributed by atoms with E-state index in [4.69, 9.17) is 21.0 Å². The van der Waals surface area contributed by atoms with Gasteiger partial charge in [0.05, 0.1) is 30.8 Å². The van der Waals surface area contributed by atoms with Crippen LogP contribution in [0.2, 0.25) is 0 Å². The first-order valence-corrected chi connectivity index (χ1v) is 13.2. The Bertz CT molecular complexity index is 1630. The van der Waals surface area contributed by atoms with Gasteiger partial charge in [-0.2, -0.15) is 5.26 Å². The molecule has 2 aromatic carbocycles. The van der Waals surface area contributed by atoms with Crippen LogP contribution in [0.15, 0.2) is 54.7 Å². The Balaban J connectivity index is 1.23. The Kier molecular flexibility index (Phi) is 7.00. The zero-order chi connectivity index (χ0) is 27.5. The van der Waals surface area contributed by atoms with E-state index in [1.165, 1.54) is 0 Å². The second-order valence-electron chi connectivity index (χ2n) is 9.80. The first kappa shape index (κ1) is 25.4. The first-order chi connectivity index (χ1) is 19.6. The van der Waals surface area contributed by atoms with E-state index >= 15 is 0 Å². The molecule has 1 amide bonds. The van der Waals surface area contributed by atoms with Crippen LogP contribution in [0.1, 0.15) is 12.0 Å². The quantitative estimate of drug-likeness (QED) is 0.374. The number of imidazole rings is 1. The Morgan fingerprint density at radius 2 is 1.95 bits per heavy atom. The summed E-state index contributed by atoms with van der Waals surface area (Å²) in [6.45, 7) is 11.0. The van der Waals surface area contributed by atoms with E-state index in [1.807, 2.05) is 12.1 Å². The molecule has 4 aromatic rings. The summed E-state index contributed by atoms with van der Waals surface area (Å²) in [6, 6.07) is 18.0. The van der Waals surface area contributed by atoms with Crippen molar-refractivity contribution in [3.8, 4) is 34.3 Å². The van der Waals surface area contributed by atoms with Crippen molar-refractivity contribution in [2.75, 3.05) is 50.8 Å². The third-order valence-corrected chi connectivity index (χ3v) is 7.33. The van der Waals surface area contributed by atoms with Crippen molar-refractivity contribution in [2.24, 2.45) is 0 Å². The highest BCUT2D eigenvalue weighted by Gasteiger charge is 2.29. The summed E-state index contributed by atoms with van der Waals surface area (Å²) in [5.74, 6) is 1.01. The number of amides is 1. The van der Waals surface area contributed by atoms with E-state index in [9.17, 15) is 10.1 Å². The highest BCUT2D eigenvalue weighted by atomic mass is 16.5. The Morgan fingerprint density at radius 1 is 1.15 bits per heavy atom. The molecule has 40 heavy (non-hydrogen) atoms. The number of anilines is 1. The number of morpholine rings is 1. The second-order valence-corrected chi connectivity index (χ2v) is 9.80. The van der Waals surface area contributed by atoms with Gasteiger partial charge in [-0.25, -0.2) is 16.5 Å². The third-order valence-electron chi connectivity index (χ3n) is 7.33. The Morgan fingerprint density at radius 3 is 2.73 bits per heavy atom. The number of ether oxygens (including phenoxy) is 2. The summed E-state index contributed by atoms with van der Waals surface area (Å²) in [5, 5.41) is 9.89. The second kappa shape index (κ2) is 11.0. The predicted molar refractivity (Wildman–Crippen MR) is 150 cm³/mol. The van der Waals surface area contributed by atoms with Crippen LogP contribution in [-0.2, 0) is 9.53 Å². The molecule has 0 bridgehead atoms. The predicted octanol–water partition coefficient (Wildman–Crippen LogP) is 3.90. The number of benzene rings is 2. The van der Waals surface area contributed by atoms with Crippen molar-refractivity contribution < 1.29 is 14.3 Å². The van der Waals surface area contributed by atoms with Crippen molar-refractivity contribution in [1.82, 2.24) is 19.9 Å². The summed E-state index contributed by atoms with van der Waals surface area (Å²) in [4.78, 5) is 31.8. The maximum absolute atomic E-state index is 12.0. The van der Waals surface area contributed by atoms with Crippen LogP contribution in [-0.4, -0.2) is 77.8 Å². The van der Waals surface area contributed by atoms with E-state index in [1.54, 1.807) is 23.2 Å². The number of nitrogens with one attached hydrogen (secondary N) is 1. The average Bonchev–Trinajstić information content (AvgIpc) is 3.66. The lowest BCUT2D eigenvalue weighted by atomic mass is 10.0. The van der Waals surface area contributed by atoms with Gasteiger partial charge >= 0.3 is 5.91 Å². The minimum Gasteiger partial charge on any atom is -0.487 e. The minimum atomic E-state index is -0.218. The number of carbonyl (C=O) groups is 1. The minimum absolute atomic E-state index is 0.152. The fourth-order valence-corrected chi connectivity index (χ4v) is 5.23. The number of carbonyl (C=O) groups excluding carboxylic acids is 1. The molecule has 0 spiro atoms. The molecule has 1 N–H and O–H groups in total. The standard InChI is InChI=1S/C30H27N7O3/c1-32-18-27(38)37-11-9-24(19-37)40-26-7-4-21(16-22(26)17-31)25-8-10-33-30-28(25)34-29(35-30)20-2-5-23(6-3-20)36-12-14-39-15-13-36/h2-8,10,16,24H,9,11-15,18-19H2,(H,33,34,35)/t24-/m1/s1. The molecule has 0 saturated carbocycles. The van der Waals surface area contributed by atoms with Gasteiger partial charge in [-0.15, -0.1) is 0 Å². The van der Waals surface area contributed by atoms with Crippen molar-refractivity contribution in [3.63, 3.8) is 0 Å². The van der Waals surface area contributed by atoms with Gasteiger partial charge in [0, 0.05) is 49.1 Å². The number of aromatic amines is 1. The van der Waals surface area contributed by atoms with Gasteiger partial charge in [0.1, 0.15) is 23.7 Å². The lowest BCUT2D eigenvalue weighted by molar-refractivity contribution is -0.128. The van der Waals surface area contributed by atoms with Gasteiger partial charge < -0.3 is 29.1 Å². The van der Waals surface area contributed by atoms with Crippen LogP contribution < -0.4 is 9.64 Å². The van der Waals surface area contributed by atoms with E-state index in [0.29, 0.717) is 36.5 Å². The number of aromatic nitrogens is 3. The normalized spacial score (nSPS) is 17.0. The molecule has 0 radical (unpaired) electrons. The molecule has 200 valence electrons. The number of hydrogen-bond donors (Lipinski definition) is 1. The molecule has 2 aliphatic heterocycles. The molecular weight excluding hydrogens is 506 g/mol. The van der Waals surface area contributed by atoms with Crippen LogP contribution >= 0.6 is 0 Å². The zero-order valence-corrected chi connectivity index (χ0v) is 21.8. The number of likely N-dealkylation sites (tertiary alicyclic amines) is 1. The van der Waals surface area contributed by atoms with E-state index in [-0.39, 0.29) is 18.6 Å². The number of nitriles is 1. The van der Waals surface area contributed by atoms with Crippen LogP contribution in [0, 0.1) is 17.9 Å². The number of fused-ring (bicyclic) bond motifs is 1. The maximum Gasteiger partial charge on any atom is 0.302 e. The summed E-state index contributed by atoms with van der Waals surface area (Å²) < 4.78 is 11.6. The monoisotopic (exact) mass is 533 g/mol. The maximum atomic E-state index is 12.0. The van der Waals surface area contributed by atoms with E-state index in [0.717, 1.165) is 60.0 Å². The Hall–Kier alpha value is -4.93. The summed E-state index contributed by atoms with van der Waals surface area (Å²) in [6.07, 6.45) is 2.16. The third kappa shape index (κ3) is 5.05. The summed E-state index contributed by atoms with van der Waals surface area (Å²) >= 11 is 0. The summed E-state index contributed by atoms with van der Waals surface area (Å²) in [7, 11) is 0. The largest absolute Gasteiger partial charge is 0.487 e. The molecule has 4 heterocycles.